The molecule has 0 bridgehead atoms. The molecule has 237 valence electrons. The van der Waals surface area contributed by atoms with Gasteiger partial charge >= 0.3 is 6.09 Å². The minimum absolute atomic E-state index is 0.184. The van der Waals surface area contributed by atoms with Crippen LogP contribution in [0.15, 0.2) is 60.8 Å². The molecule has 1 N–H and O–H groups in total. The highest BCUT2D eigenvalue weighted by molar-refractivity contribution is 6.76. The van der Waals surface area contributed by atoms with E-state index in [1.165, 1.54) is 6.07 Å². The van der Waals surface area contributed by atoms with E-state index in [9.17, 15) is 18.4 Å². The SMILES string of the molecule is [CH2]C(=O)N(CCCNC(=O)OCC[Si](C)(C)C)[C@@H](c1cc(-c2cc(F)ccc2F)cn1Cc1ccccc1)C1CCCCC1. The van der Waals surface area contributed by atoms with Crippen LogP contribution in [0.25, 0.3) is 11.1 Å². The minimum atomic E-state index is -1.30. The van der Waals surface area contributed by atoms with Gasteiger partial charge in [0.1, 0.15) is 11.6 Å². The van der Waals surface area contributed by atoms with Crippen LogP contribution in [-0.4, -0.2) is 49.2 Å². The summed E-state index contributed by atoms with van der Waals surface area (Å²) >= 11 is 0. The van der Waals surface area contributed by atoms with Crippen LogP contribution in [0.1, 0.15) is 55.8 Å². The molecule has 2 amide bonds. The molecule has 9 heteroatoms. The summed E-state index contributed by atoms with van der Waals surface area (Å²) in [5.41, 5.74) is 2.68. The van der Waals surface area contributed by atoms with E-state index < -0.39 is 25.8 Å². The molecule has 0 aliphatic heterocycles. The molecular weight excluding hydrogens is 576 g/mol. The van der Waals surface area contributed by atoms with Crippen LogP contribution in [0.4, 0.5) is 13.6 Å². The van der Waals surface area contributed by atoms with Gasteiger partial charge in [-0.3, -0.25) is 4.79 Å². The van der Waals surface area contributed by atoms with Crippen LogP contribution in [0, 0.1) is 24.5 Å². The first-order valence-electron chi connectivity index (χ1n) is 15.7. The van der Waals surface area contributed by atoms with Crippen LogP contribution in [-0.2, 0) is 16.1 Å². The molecule has 1 atom stereocenters. The Labute approximate surface area is 261 Å². The molecule has 0 saturated heterocycles. The van der Waals surface area contributed by atoms with Gasteiger partial charge in [0, 0.05) is 57.6 Å². The van der Waals surface area contributed by atoms with Crippen molar-refractivity contribution in [3.8, 4) is 11.1 Å². The largest absolute Gasteiger partial charge is 0.450 e. The maximum Gasteiger partial charge on any atom is 0.407 e. The average molecular weight is 623 g/mol. The third kappa shape index (κ3) is 9.52. The average Bonchev–Trinajstić information content (AvgIpc) is 3.38. The lowest BCUT2D eigenvalue weighted by atomic mass is 9.81. The van der Waals surface area contributed by atoms with Crippen LogP contribution in [0.2, 0.25) is 25.7 Å². The van der Waals surface area contributed by atoms with Crippen molar-refractivity contribution in [1.29, 1.82) is 0 Å². The zero-order valence-corrected chi connectivity index (χ0v) is 27.3. The molecular formula is C35H46F2N3O3Si. The zero-order chi connectivity index (χ0) is 31.7. The summed E-state index contributed by atoms with van der Waals surface area (Å²) < 4.78 is 36.6. The highest BCUT2D eigenvalue weighted by Gasteiger charge is 2.34. The number of nitrogens with zero attached hydrogens (tertiary/aromatic N) is 2. The lowest BCUT2D eigenvalue weighted by Crippen LogP contribution is -2.41. The molecule has 0 unspecified atom stereocenters. The molecule has 0 spiro atoms. The smallest absolute Gasteiger partial charge is 0.407 e. The number of halogens is 2. The zero-order valence-electron chi connectivity index (χ0n) is 26.3. The molecule has 1 aromatic heterocycles. The minimum Gasteiger partial charge on any atom is -0.450 e. The van der Waals surface area contributed by atoms with Gasteiger partial charge in [0.25, 0.3) is 0 Å². The summed E-state index contributed by atoms with van der Waals surface area (Å²) in [4.78, 5) is 27.2. The molecule has 1 radical (unpaired) electrons. The summed E-state index contributed by atoms with van der Waals surface area (Å²) in [7, 11) is -1.30. The number of benzene rings is 2. The number of amides is 2. The monoisotopic (exact) mass is 622 g/mol. The normalized spacial score (nSPS) is 14.7. The topological polar surface area (TPSA) is 63.6 Å². The fourth-order valence-corrected chi connectivity index (χ4v) is 6.74. The number of alkyl carbamates (subject to hydrolysis) is 1. The number of ether oxygens (including phenoxy) is 1. The number of hydrogen-bond donors (Lipinski definition) is 1. The molecule has 1 saturated carbocycles. The molecule has 3 aromatic rings. The van der Waals surface area contributed by atoms with Crippen LogP contribution in [0.5, 0.6) is 0 Å². The van der Waals surface area contributed by atoms with Crippen molar-refractivity contribution in [2.75, 3.05) is 19.7 Å². The molecule has 4 rings (SSSR count). The Morgan fingerprint density at radius 2 is 1.80 bits per heavy atom. The predicted octanol–water partition coefficient (Wildman–Crippen LogP) is 8.22. The van der Waals surface area contributed by atoms with Crippen LogP contribution in [0.3, 0.4) is 0 Å². The van der Waals surface area contributed by atoms with E-state index >= 15 is 0 Å². The maximum absolute atomic E-state index is 15.0. The molecule has 1 aliphatic carbocycles. The first-order valence-corrected chi connectivity index (χ1v) is 19.4. The number of hydrogen-bond acceptors (Lipinski definition) is 3. The molecule has 1 aliphatic rings. The van der Waals surface area contributed by atoms with Gasteiger partial charge in [0.2, 0.25) is 5.91 Å². The van der Waals surface area contributed by atoms with Crippen molar-refractivity contribution in [3.05, 3.63) is 90.6 Å². The summed E-state index contributed by atoms with van der Waals surface area (Å²) in [5.74, 6) is -1.13. The van der Waals surface area contributed by atoms with Gasteiger partial charge in [-0.25, -0.2) is 13.6 Å². The van der Waals surface area contributed by atoms with Gasteiger partial charge in [-0.05, 0) is 61.1 Å². The van der Waals surface area contributed by atoms with Gasteiger partial charge in [0.15, 0.2) is 0 Å². The second-order valence-corrected chi connectivity index (χ2v) is 18.7. The van der Waals surface area contributed by atoms with E-state index in [4.69, 9.17) is 4.74 Å². The lowest BCUT2D eigenvalue weighted by Gasteiger charge is -2.39. The maximum atomic E-state index is 15.0. The molecule has 1 heterocycles. The van der Waals surface area contributed by atoms with E-state index in [0.717, 1.165) is 61.5 Å². The number of nitrogens with one attached hydrogen (secondary N) is 1. The summed E-state index contributed by atoms with van der Waals surface area (Å²) in [6, 6.07) is 15.9. The van der Waals surface area contributed by atoms with Crippen molar-refractivity contribution in [1.82, 2.24) is 14.8 Å². The first kappa shape index (κ1) is 33.4. The lowest BCUT2D eigenvalue weighted by molar-refractivity contribution is -0.130. The number of rotatable bonds is 13. The summed E-state index contributed by atoms with van der Waals surface area (Å²) in [6.07, 6.45) is 7.13. The highest BCUT2D eigenvalue weighted by atomic mass is 28.3. The fourth-order valence-electron chi connectivity index (χ4n) is 6.03. The van der Waals surface area contributed by atoms with E-state index in [-0.39, 0.29) is 23.4 Å². The van der Waals surface area contributed by atoms with Crippen LogP contribution < -0.4 is 5.32 Å². The standard InChI is InChI=1S/C35H46F2N3O3Si/c1-26(41)40(19-11-18-38-35(42)43-20-21-44(2,3)4)34(28-14-9-6-10-15-28)33-22-29(31-23-30(36)16-17-32(31)37)25-39(33)24-27-12-7-5-8-13-27/h5,7-8,12-13,16-17,22-23,25,28,34H,1,6,9-11,14-15,18-21,24H2,2-4H3,(H,38,42)/t34-/m1/s1. The molecule has 44 heavy (non-hydrogen) atoms. The Balaban J connectivity index is 1.62. The molecule has 6 nitrogen and oxygen atoms in total. The Morgan fingerprint density at radius 1 is 1.07 bits per heavy atom. The van der Waals surface area contributed by atoms with Crippen molar-refractivity contribution < 1.29 is 23.1 Å². The van der Waals surface area contributed by atoms with Crippen LogP contribution >= 0.6 is 0 Å². The molecule has 1 fully saturated rings. The summed E-state index contributed by atoms with van der Waals surface area (Å²) in [6.45, 7) is 12.2. The summed E-state index contributed by atoms with van der Waals surface area (Å²) in [5, 5.41) is 2.82. The van der Waals surface area contributed by atoms with Gasteiger partial charge in [0.05, 0.1) is 12.6 Å². The van der Waals surface area contributed by atoms with Crippen molar-refractivity contribution in [2.45, 2.75) is 76.8 Å². The van der Waals surface area contributed by atoms with Gasteiger partial charge < -0.3 is 19.5 Å². The predicted molar refractivity (Wildman–Crippen MR) is 174 cm³/mol. The molecule has 2 aromatic carbocycles. The third-order valence-electron chi connectivity index (χ3n) is 8.35. The Kier molecular flexibility index (Phi) is 11.8. The van der Waals surface area contributed by atoms with E-state index in [1.54, 1.807) is 4.90 Å². The van der Waals surface area contributed by atoms with Crippen molar-refractivity contribution >= 4 is 20.1 Å². The number of carbonyl (C=O) groups is 2. The van der Waals surface area contributed by atoms with E-state index in [2.05, 4.69) is 36.4 Å². The van der Waals surface area contributed by atoms with Crippen molar-refractivity contribution in [3.63, 3.8) is 0 Å². The van der Waals surface area contributed by atoms with E-state index in [0.29, 0.717) is 38.2 Å². The third-order valence-corrected chi connectivity index (χ3v) is 10.1. The van der Waals surface area contributed by atoms with Gasteiger partial charge in [-0.1, -0.05) is 69.2 Å². The quantitative estimate of drug-likeness (QED) is 0.154. The first-order chi connectivity index (χ1) is 21.0. The Hall–Kier alpha value is -3.46. The van der Waals surface area contributed by atoms with Gasteiger partial charge in [-0.2, -0.15) is 0 Å². The van der Waals surface area contributed by atoms with E-state index in [1.807, 2.05) is 42.6 Å². The highest BCUT2D eigenvalue weighted by Crippen LogP contribution is 2.41. The van der Waals surface area contributed by atoms with Crippen molar-refractivity contribution in [2.24, 2.45) is 5.92 Å². The van der Waals surface area contributed by atoms with Gasteiger partial charge in [-0.15, -0.1) is 0 Å². The number of aromatic nitrogens is 1. The second kappa shape index (κ2) is 15.5. The Bertz CT molecular complexity index is 1380. The fraction of sp³-hybridized carbons (Fsp3) is 0.457. The Morgan fingerprint density at radius 3 is 2.48 bits per heavy atom. The second-order valence-electron chi connectivity index (χ2n) is 13.0. The number of carbonyl (C=O) groups excluding carboxylic acids is 2.